The summed E-state index contributed by atoms with van der Waals surface area (Å²) in [6, 6.07) is 14.8. The summed E-state index contributed by atoms with van der Waals surface area (Å²) in [5.41, 5.74) is 2.34. The predicted octanol–water partition coefficient (Wildman–Crippen LogP) is 4.06. The second kappa shape index (κ2) is 7.38. The molecule has 6 nitrogen and oxygen atoms in total. The van der Waals surface area contributed by atoms with Crippen molar-refractivity contribution in [1.82, 2.24) is 4.57 Å². The molecule has 28 heavy (non-hydrogen) atoms. The van der Waals surface area contributed by atoms with Gasteiger partial charge in [-0.15, -0.1) is 0 Å². The van der Waals surface area contributed by atoms with Gasteiger partial charge in [-0.05, 0) is 50.1 Å². The number of fused-ring (bicyclic) bond motifs is 1. The van der Waals surface area contributed by atoms with Crippen LogP contribution in [0.5, 0.6) is 11.5 Å². The van der Waals surface area contributed by atoms with Gasteiger partial charge in [0, 0.05) is 22.6 Å². The average Bonchev–Trinajstić information content (AvgIpc) is 3.49. The quantitative estimate of drug-likeness (QED) is 0.477. The number of ether oxygens (including phenoxy) is 3. The molecule has 0 aliphatic heterocycles. The van der Waals surface area contributed by atoms with Crippen molar-refractivity contribution in [1.29, 1.82) is 0 Å². The highest BCUT2D eigenvalue weighted by atomic mass is 16.6. The van der Waals surface area contributed by atoms with E-state index in [4.69, 9.17) is 14.2 Å². The van der Waals surface area contributed by atoms with E-state index in [1.54, 1.807) is 24.3 Å². The van der Waals surface area contributed by atoms with E-state index in [1.165, 1.54) is 7.11 Å². The number of aromatic nitrogens is 1. The summed E-state index contributed by atoms with van der Waals surface area (Å²) in [7, 11) is 1.37. The Bertz CT molecular complexity index is 1030. The smallest absolute Gasteiger partial charge is 0.349 e. The third kappa shape index (κ3) is 3.45. The van der Waals surface area contributed by atoms with E-state index >= 15 is 0 Å². The molecule has 0 N–H and O–H groups in total. The Balaban J connectivity index is 1.58. The molecule has 1 saturated carbocycles. The van der Waals surface area contributed by atoms with Crippen molar-refractivity contribution in [2.45, 2.75) is 25.8 Å². The Labute approximate surface area is 162 Å². The van der Waals surface area contributed by atoms with Gasteiger partial charge in [-0.2, -0.15) is 0 Å². The van der Waals surface area contributed by atoms with E-state index in [-0.39, 0.29) is 6.61 Å². The predicted molar refractivity (Wildman–Crippen MR) is 104 cm³/mol. The lowest BCUT2D eigenvalue weighted by molar-refractivity contribution is -0.136. The zero-order valence-corrected chi connectivity index (χ0v) is 15.8. The first kappa shape index (κ1) is 18.1. The van der Waals surface area contributed by atoms with E-state index < -0.39 is 11.9 Å². The van der Waals surface area contributed by atoms with Crippen LogP contribution >= 0.6 is 0 Å². The largest absolute Gasteiger partial charge is 0.482 e. The van der Waals surface area contributed by atoms with Crippen molar-refractivity contribution in [2.75, 3.05) is 13.7 Å². The fourth-order valence-electron chi connectivity index (χ4n) is 3.47. The Morgan fingerprint density at radius 3 is 2.50 bits per heavy atom. The van der Waals surface area contributed by atoms with Crippen molar-refractivity contribution in [2.24, 2.45) is 0 Å². The van der Waals surface area contributed by atoms with Crippen LogP contribution < -0.4 is 9.47 Å². The lowest BCUT2D eigenvalue weighted by atomic mass is 10.1. The number of hydrogen-bond acceptors (Lipinski definition) is 5. The minimum absolute atomic E-state index is 0.200. The SMILES string of the molecule is COC(=O)c1c(C)n(C2CC2)c2ccc(OC(=O)COc3ccccc3)cc12. The molecule has 1 aliphatic rings. The van der Waals surface area contributed by atoms with Gasteiger partial charge in [-0.25, -0.2) is 9.59 Å². The number of nitrogens with zero attached hydrogens (tertiary/aromatic N) is 1. The van der Waals surface area contributed by atoms with Gasteiger partial charge in [0.05, 0.1) is 12.7 Å². The second-order valence-electron chi connectivity index (χ2n) is 6.81. The molecule has 6 heteroatoms. The third-order valence-electron chi connectivity index (χ3n) is 4.85. The topological polar surface area (TPSA) is 66.8 Å². The Kier molecular flexibility index (Phi) is 4.77. The average molecular weight is 379 g/mol. The molecule has 0 atom stereocenters. The normalized spacial score (nSPS) is 13.4. The summed E-state index contributed by atoms with van der Waals surface area (Å²) < 4.78 is 18.0. The first-order valence-electron chi connectivity index (χ1n) is 9.20. The van der Waals surface area contributed by atoms with Gasteiger partial charge in [-0.3, -0.25) is 0 Å². The van der Waals surface area contributed by atoms with Crippen LogP contribution in [0.15, 0.2) is 48.5 Å². The van der Waals surface area contributed by atoms with Gasteiger partial charge in [0.1, 0.15) is 11.5 Å². The highest BCUT2D eigenvalue weighted by molar-refractivity contribution is 6.06. The first-order chi connectivity index (χ1) is 13.6. The van der Waals surface area contributed by atoms with Crippen LogP contribution in [0.2, 0.25) is 0 Å². The molecule has 2 aromatic carbocycles. The van der Waals surface area contributed by atoms with Gasteiger partial charge < -0.3 is 18.8 Å². The maximum atomic E-state index is 12.3. The summed E-state index contributed by atoms with van der Waals surface area (Å²) in [4.78, 5) is 24.5. The minimum atomic E-state index is -0.513. The van der Waals surface area contributed by atoms with E-state index in [0.717, 1.165) is 29.4 Å². The molecule has 0 saturated heterocycles. The monoisotopic (exact) mass is 379 g/mol. The number of para-hydroxylation sites is 1. The van der Waals surface area contributed by atoms with Crippen LogP contribution in [0.1, 0.15) is 34.9 Å². The molecular weight excluding hydrogens is 358 g/mol. The number of methoxy groups -OCH3 is 1. The van der Waals surface area contributed by atoms with Crippen LogP contribution in [0.25, 0.3) is 10.9 Å². The molecular formula is C22H21NO5. The maximum absolute atomic E-state index is 12.3. The van der Waals surface area contributed by atoms with Crippen LogP contribution in [-0.2, 0) is 9.53 Å². The van der Waals surface area contributed by atoms with Crippen LogP contribution in [-0.4, -0.2) is 30.2 Å². The van der Waals surface area contributed by atoms with Crippen LogP contribution in [0, 0.1) is 6.92 Å². The third-order valence-corrected chi connectivity index (χ3v) is 4.85. The maximum Gasteiger partial charge on any atom is 0.349 e. The molecule has 0 amide bonds. The Hall–Kier alpha value is -3.28. The standard InChI is InChI=1S/C22H21NO5/c1-14-21(22(25)26-2)18-12-17(10-11-19(18)23(14)15-8-9-15)28-20(24)13-27-16-6-4-3-5-7-16/h3-7,10-12,15H,8-9,13H2,1-2H3. The number of rotatable bonds is 6. The van der Waals surface area contributed by atoms with Crippen LogP contribution in [0.3, 0.4) is 0 Å². The highest BCUT2D eigenvalue weighted by Crippen LogP contribution is 2.42. The molecule has 1 fully saturated rings. The first-order valence-corrected chi connectivity index (χ1v) is 9.20. The van der Waals surface area contributed by atoms with Crippen molar-refractivity contribution < 1.29 is 23.8 Å². The summed E-state index contributed by atoms with van der Waals surface area (Å²) in [5.74, 6) is 0.0613. The summed E-state index contributed by atoms with van der Waals surface area (Å²) in [6.07, 6.45) is 2.19. The van der Waals surface area contributed by atoms with Gasteiger partial charge in [-0.1, -0.05) is 18.2 Å². The van der Waals surface area contributed by atoms with E-state index in [2.05, 4.69) is 4.57 Å². The molecule has 0 radical (unpaired) electrons. The molecule has 0 bridgehead atoms. The van der Waals surface area contributed by atoms with E-state index in [9.17, 15) is 9.59 Å². The molecule has 0 spiro atoms. The second-order valence-corrected chi connectivity index (χ2v) is 6.81. The van der Waals surface area contributed by atoms with Crippen LogP contribution in [0.4, 0.5) is 0 Å². The van der Waals surface area contributed by atoms with Crippen molar-refractivity contribution >= 4 is 22.8 Å². The van der Waals surface area contributed by atoms with E-state index in [1.807, 2.05) is 31.2 Å². The number of carbonyl (C=O) groups excluding carboxylic acids is 2. The molecule has 144 valence electrons. The number of esters is 2. The van der Waals surface area contributed by atoms with E-state index in [0.29, 0.717) is 23.1 Å². The lowest BCUT2D eigenvalue weighted by Crippen LogP contribution is -2.17. The summed E-state index contributed by atoms with van der Waals surface area (Å²) in [5, 5.41) is 0.727. The molecule has 3 aromatic rings. The molecule has 1 aromatic heterocycles. The zero-order valence-electron chi connectivity index (χ0n) is 15.8. The number of benzene rings is 2. The molecule has 4 rings (SSSR count). The summed E-state index contributed by atoms with van der Waals surface area (Å²) in [6.45, 7) is 1.72. The summed E-state index contributed by atoms with van der Waals surface area (Å²) >= 11 is 0. The van der Waals surface area contributed by atoms with Crippen molar-refractivity contribution in [3.63, 3.8) is 0 Å². The van der Waals surface area contributed by atoms with Crippen molar-refractivity contribution in [3.8, 4) is 11.5 Å². The minimum Gasteiger partial charge on any atom is -0.482 e. The fraction of sp³-hybridized carbons (Fsp3) is 0.273. The molecule has 1 aliphatic carbocycles. The highest BCUT2D eigenvalue weighted by Gasteiger charge is 2.30. The number of carbonyl (C=O) groups is 2. The number of hydrogen-bond donors (Lipinski definition) is 0. The Morgan fingerprint density at radius 2 is 1.82 bits per heavy atom. The molecule has 0 unspecified atom stereocenters. The molecule has 1 heterocycles. The van der Waals surface area contributed by atoms with Crippen molar-refractivity contribution in [3.05, 3.63) is 59.8 Å². The van der Waals surface area contributed by atoms with Gasteiger partial charge in [0.2, 0.25) is 0 Å². The Morgan fingerprint density at radius 1 is 1.07 bits per heavy atom. The zero-order chi connectivity index (χ0) is 19.7. The van der Waals surface area contributed by atoms with Gasteiger partial charge in [0.25, 0.3) is 0 Å². The van der Waals surface area contributed by atoms with Gasteiger partial charge in [0.15, 0.2) is 6.61 Å². The van der Waals surface area contributed by atoms with Gasteiger partial charge >= 0.3 is 11.9 Å². The lowest BCUT2D eigenvalue weighted by Gasteiger charge is -2.08. The fourth-order valence-corrected chi connectivity index (χ4v) is 3.47.